The number of rotatable bonds is 9. The molecule has 4 nitrogen and oxygen atoms in total. The highest BCUT2D eigenvalue weighted by Gasteiger charge is 2.16. The van der Waals surface area contributed by atoms with Gasteiger partial charge in [-0.15, -0.1) is 0 Å². The van der Waals surface area contributed by atoms with Crippen LogP contribution in [0, 0.1) is 0 Å². The minimum Gasteiger partial charge on any atom is -0.495 e. The van der Waals surface area contributed by atoms with E-state index in [9.17, 15) is 0 Å². The Morgan fingerprint density at radius 2 is 1.91 bits per heavy atom. The molecule has 2 rings (SSSR count). The summed E-state index contributed by atoms with van der Waals surface area (Å²) in [4.78, 5) is 4.86. The van der Waals surface area contributed by atoms with E-state index in [4.69, 9.17) is 4.74 Å². The van der Waals surface area contributed by atoms with Crippen molar-refractivity contribution >= 4 is 5.69 Å². The topological polar surface area (TPSA) is 27.7 Å². The average Bonchev–Trinajstić information content (AvgIpc) is 3.09. The normalized spacial score (nSPS) is 14.8. The minimum absolute atomic E-state index is 0.901. The van der Waals surface area contributed by atoms with Crippen molar-refractivity contribution in [1.29, 1.82) is 0 Å². The van der Waals surface area contributed by atoms with Crippen LogP contribution in [-0.4, -0.2) is 51.3 Å². The van der Waals surface area contributed by atoms with Crippen LogP contribution >= 0.6 is 0 Å². The van der Waals surface area contributed by atoms with E-state index in [0.717, 1.165) is 51.6 Å². The predicted octanol–water partition coefficient (Wildman–Crippen LogP) is 2.73. The van der Waals surface area contributed by atoms with Crippen molar-refractivity contribution in [1.82, 2.24) is 10.2 Å². The lowest BCUT2D eigenvalue weighted by Crippen LogP contribution is -2.31. The van der Waals surface area contributed by atoms with Crippen LogP contribution < -0.4 is 15.0 Å². The zero-order valence-electron chi connectivity index (χ0n) is 14.4. The summed E-state index contributed by atoms with van der Waals surface area (Å²) in [7, 11) is 1.77. The summed E-state index contributed by atoms with van der Waals surface area (Å²) in [5.74, 6) is 1.00. The zero-order valence-corrected chi connectivity index (χ0v) is 14.4. The Bertz CT molecular complexity index is 440. The minimum atomic E-state index is 0.901. The second-order valence-corrected chi connectivity index (χ2v) is 5.90. The van der Waals surface area contributed by atoms with Gasteiger partial charge in [0.2, 0.25) is 0 Å². The third-order valence-corrected chi connectivity index (χ3v) is 4.52. The van der Waals surface area contributed by atoms with Gasteiger partial charge in [0.05, 0.1) is 12.8 Å². The molecule has 0 radical (unpaired) electrons. The maximum absolute atomic E-state index is 5.60. The molecule has 1 aromatic carbocycles. The molecule has 0 spiro atoms. The summed E-state index contributed by atoms with van der Waals surface area (Å²) in [6.45, 7) is 12.0. The summed E-state index contributed by atoms with van der Waals surface area (Å²) in [6.07, 6.45) is 2.58. The first kappa shape index (κ1) is 17.1. The molecule has 0 aromatic heterocycles. The van der Waals surface area contributed by atoms with Gasteiger partial charge in [0.25, 0.3) is 0 Å². The Balaban J connectivity index is 1.86. The molecule has 1 fully saturated rings. The number of nitrogens with zero attached hydrogens (tertiary/aromatic N) is 2. The van der Waals surface area contributed by atoms with E-state index in [1.807, 2.05) is 0 Å². The van der Waals surface area contributed by atoms with Crippen LogP contribution in [0.5, 0.6) is 5.75 Å². The monoisotopic (exact) mass is 305 g/mol. The number of nitrogens with one attached hydrogen (secondary N) is 1. The lowest BCUT2D eigenvalue weighted by molar-refractivity contribution is 0.302. The van der Waals surface area contributed by atoms with Crippen LogP contribution in [-0.2, 0) is 6.54 Å². The molecule has 1 saturated heterocycles. The van der Waals surface area contributed by atoms with Gasteiger partial charge in [-0.05, 0) is 43.6 Å². The number of likely N-dealkylation sites (N-methyl/N-ethyl adjacent to an activating group) is 1. The number of benzene rings is 1. The van der Waals surface area contributed by atoms with Crippen LogP contribution in [0.25, 0.3) is 0 Å². The van der Waals surface area contributed by atoms with Crippen LogP contribution in [0.1, 0.15) is 32.3 Å². The molecule has 0 unspecified atom stereocenters. The molecule has 0 atom stereocenters. The number of ether oxygens (including phenoxy) is 1. The second-order valence-electron chi connectivity index (χ2n) is 5.90. The smallest absolute Gasteiger partial charge is 0.142 e. The van der Waals surface area contributed by atoms with Crippen molar-refractivity contribution in [2.75, 3.05) is 51.3 Å². The zero-order chi connectivity index (χ0) is 15.8. The lowest BCUT2D eigenvalue weighted by atomic mass is 10.1. The molecule has 124 valence electrons. The average molecular weight is 305 g/mol. The van der Waals surface area contributed by atoms with Crippen molar-refractivity contribution in [3.05, 3.63) is 23.8 Å². The van der Waals surface area contributed by atoms with Gasteiger partial charge in [-0.2, -0.15) is 0 Å². The Labute approximate surface area is 135 Å². The van der Waals surface area contributed by atoms with Gasteiger partial charge < -0.3 is 19.9 Å². The van der Waals surface area contributed by atoms with Gasteiger partial charge in [-0.3, -0.25) is 0 Å². The summed E-state index contributed by atoms with van der Waals surface area (Å²) in [6, 6.07) is 6.62. The first-order valence-corrected chi connectivity index (χ1v) is 8.63. The van der Waals surface area contributed by atoms with E-state index in [1.54, 1.807) is 7.11 Å². The van der Waals surface area contributed by atoms with Crippen LogP contribution in [0.15, 0.2) is 18.2 Å². The molecule has 1 aliphatic rings. The summed E-state index contributed by atoms with van der Waals surface area (Å²) in [5, 5.41) is 3.53. The number of methoxy groups -OCH3 is 1. The summed E-state index contributed by atoms with van der Waals surface area (Å²) in [5.41, 5.74) is 2.53. The molecule has 22 heavy (non-hydrogen) atoms. The summed E-state index contributed by atoms with van der Waals surface area (Å²) >= 11 is 0. The Morgan fingerprint density at radius 1 is 1.18 bits per heavy atom. The van der Waals surface area contributed by atoms with Crippen LogP contribution in [0.3, 0.4) is 0 Å². The number of hydrogen-bond acceptors (Lipinski definition) is 4. The van der Waals surface area contributed by atoms with Gasteiger partial charge in [0.1, 0.15) is 5.75 Å². The first-order chi connectivity index (χ1) is 10.8. The van der Waals surface area contributed by atoms with E-state index in [1.165, 1.54) is 24.1 Å². The third kappa shape index (κ3) is 4.62. The Morgan fingerprint density at radius 3 is 2.55 bits per heavy atom. The van der Waals surface area contributed by atoms with Gasteiger partial charge >= 0.3 is 0 Å². The Kier molecular flexibility index (Phi) is 7.00. The Hall–Kier alpha value is -1.26. The van der Waals surface area contributed by atoms with E-state index in [2.05, 4.69) is 47.2 Å². The maximum atomic E-state index is 5.60. The van der Waals surface area contributed by atoms with Crippen molar-refractivity contribution in [2.45, 2.75) is 33.2 Å². The quantitative estimate of drug-likeness (QED) is 0.710. The fourth-order valence-electron chi connectivity index (χ4n) is 3.06. The van der Waals surface area contributed by atoms with E-state index < -0.39 is 0 Å². The number of hydrogen-bond donors (Lipinski definition) is 1. The standard InChI is InChI=1S/C18H31N3O/c1-4-20(5-2)13-10-19-15-16-8-9-17(18(14-16)22-3)21-11-6-7-12-21/h8-9,14,19H,4-7,10-13,15H2,1-3H3. The van der Waals surface area contributed by atoms with Gasteiger partial charge in [0.15, 0.2) is 0 Å². The molecule has 1 heterocycles. The fourth-order valence-corrected chi connectivity index (χ4v) is 3.06. The van der Waals surface area contributed by atoms with E-state index in [0.29, 0.717) is 0 Å². The van der Waals surface area contributed by atoms with Crippen molar-refractivity contribution in [2.24, 2.45) is 0 Å². The predicted molar refractivity (Wildman–Crippen MR) is 93.9 cm³/mol. The van der Waals surface area contributed by atoms with E-state index in [-0.39, 0.29) is 0 Å². The highest BCUT2D eigenvalue weighted by molar-refractivity contribution is 5.60. The lowest BCUT2D eigenvalue weighted by Gasteiger charge is -2.21. The van der Waals surface area contributed by atoms with Gasteiger partial charge in [-0.1, -0.05) is 19.9 Å². The molecule has 1 aromatic rings. The largest absolute Gasteiger partial charge is 0.495 e. The molecule has 0 amide bonds. The molecule has 0 bridgehead atoms. The van der Waals surface area contributed by atoms with Crippen LogP contribution in [0.2, 0.25) is 0 Å². The van der Waals surface area contributed by atoms with Gasteiger partial charge in [0, 0.05) is 32.7 Å². The molecule has 0 saturated carbocycles. The van der Waals surface area contributed by atoms with E-state index >= 15 is 0 Å². The second kappa shape index (κ2) is 9.01. The van der Waals surface area contributed by atoms with Gasteiger partial charge in [-0.25, -0.2) is 0 Å². The molecule has 1 N–H and O–H groups in total. The first-order valence-electron chi connectivity index (χ1n) is 8.63. The van der Waals surface area contributed by atoms with Crippen molar-refractivity contribution in [3.63, 3.8) is 0 Å². The third-order valence-electron chi connectivity index (χ3n) is 4.52. The molecular formula is C18H31N3O. The van der Waals surface area contributed by atoms with Crippen LogP contribution in [0.4, 0.5) is 5.69 Å². The van der Waals surface area contributed by atoms with Crippen molar-refractivity contribution in [3.8, 4) is 5.75 Å². The molecule has 1 aliphatic heterocycles. The maximum Gasteiger partial charge on any atom is 0.142 e. The van der Waals surface area contributed by atoms with Crippen molar-refractivity contribution < 1.29 is 4.74 Å². The number of anilines is 1. The summed E-state index contributed by atoms with van der Waals surface area (Å²) < 4.78 is 5.60. The SMILES string of the molecule is CCN(CC)CCNCc1ccc(N2CCCC2)c(OC)c1. The molecule has 0 aliphatic carbocycles. The fraction of sp³-hybridized carbons (Fsp3) is 0.667. The highest BCUT2D eigenvalue weighted by Crippen LogP contribution is 2.31. The molecular weight excluding hydrogens is 274 g/mol. The highest BCUT2D eigenvalue weighted by atomic mass is 16.5. The molecule has 4 heteroatoms.